The molecule has 0 aromatic carbocycles. The minimum absolute atomic E-state index is 0.0567. The Balaban J connectivity index is 2.12. The molecule has 1 aliphatic rings. The van der Waals surface area contributed by atoms with Gasteiger partial charge in [-0.2, -0.15) is 0 Å². The van der Waals surface area contributed by atoms with Crippen molar-refractivity contribution in [2.24, 2.45) is 0 Å². The van der Waals surface area contributed by atoms with Gasteiger partial charge >= 0.3 is 0 Å². The van der Waals surface area contributed by atoms with Gasteiger partial charge in [-0.05, 0) is 0 Å². The molecule has 0 aliphatic carbocycles. The second-order valence-corrected chi connectivity index (χ2v) is 2.12. The summed E-state index contributed by atoms with van der Waals surface area (Å²) in [4.78, 5) is 3.94. The highest BCUT2D eigenvalue weighted by atomic mass is 16.5. The molecule has 0 saturated carbocycles. The van der Waals surface area contributed by atoms with Crippen molar-refractivity contribution >= 4 is 0 Å². The summed E-state index contributed by atoms with van der Waals surface area (Å²) in [5.74, 6) is 0. The van der Waals surface area contributed by atoms with Crippen LogP contribution < -0.4 is 5.32 Å². The Labute approximate surface area is 58.2 Å². The van der Waals surface area contributed by atoms with E-state index in [0.29, 0.717) is 0 Å². The Morgan fingerprint density at radius 1 is 1.70 bits per heavy atom. The third-order valence-electron chi connectivity index (χ3n) is 1.44. The van der Waals surface area contributed by atoms with Crippen molar-refractivity contribution < 1.29 is 9.15 Å². The zero-order valence-electron chi connectivity index (χ0n) is 5.41. The van der Waals surface area contributed by atoms with Gasteiger partial charge in [-0.15, -0.1) is 0 Å². The van der Waals surface area contributed by atoms with Crippen LogP contribution in [0.25, 0.3) is 0 Å². The Hall–Kier alpha value is -0.870. The summed E-state index contributed by atoms with van der Waals surface area (Å²) < 4.78 is 10.1. The first-order chi connectivity index (χ1) is 4.97. The van der Waals surface area contributed by atoms with Crippen LogP contribution in [-0.2, 0) is 4.74 Å². The largest absolute Gasteiger partial charge is 0.451 e. The van der Waals surface area contributed by atoms with Gasteiger partial charge in [-0.1, -0.05) is 0 Å². The normalized spacial score (nSPS) is 25.4. The van der Waals surface area contributed by atoms with Gasteiger partial charge in [0.2, 0.25) is 0 Å². The molecule has 1 fully saturated rings. The topological polar surface area (TPSA) is 47.3 Å². The summed E-state index contributed by atoms with van der Waals surface area (Å²) in [5.41, 5.74) is 0.817. The highest BCUT2D eigenvalue weighted by molar-refractivity contribution is 4.96. The van der Waals surface area contributed by atoms with E-state index in [9.17, 15) is 0 Å². The Morgan fingerprint density at radius 2 is 2.70 bits per heavy atom. The molecule has 1 aliphatic heterocycles. The number of nitrogens with one attached hydrogen (secondary N) is 1. The third kappa shape index (κ3) is 0.913. The molecule has 10 heavy (non-hydrogen) atoms. The quantitative estimate of drug-likeness (QED) is 0.609. The van der Waals surface area contributed by atoms with Crippen LogP contribution in [0.2, 0.25) is 0 Å². The monoisotopic (exact) mass is 140 g/mol. The van der Waals surface area contributed by atoms with Gasteiger partial charge < -0.3 is 9.15 Å². The van der Waals surface area contributed by atoms with E-state index in [1.165, 1.54) is 6.39 Å². The number of hydrogen-bond donors (Lipinski definition) is 1. The summed E-state index contributed by atoms with van der Waals surface area (Å²) in [6.07, 6.45) is 2.93. The molecular formula is C6H8N2O2. The lowest BCUT2D eigenvalue weighted by Gasteiger charge is -2.02. The van der Waals surface area contributed by atoms with Gasteiger partial charge in [0.25, 0.3) is 0 Å². The van der Waals surface area contributed by atoms with Crippen LogP contribution in [0.15, 0.2) is 17.1 Å². The third-order valence-corrected chi connectivity index (χ3v) is 1.44. The number of aromatic nitrogens is 1. The molecule has 0 bridgehead atoms. The van der Waals surface area contributed by atoms with E-state index >= 15 is 0 Å². The van der Waals surface area contributed by atoms with E-state index in [1.54, 1.807) is 6.26 Å². The number of oxazole rings is 1. The molecular weight excluding hydrogens is 132 g/mol. The number of nitrogens with zero attached hydrogens (tertiary/aromatic N) is 1. The van der Waals surface area contributed by atoms with Crippen molar-refractivity contribution in [1.29, 1.82) is 0 Å². The van der Waals surface area contributed by atoms with E-state index in [-0.39, 0.29) is 6.23 Å². The van der Waals surface area contributed by atoms with Crippen LogP contribution in [0.5, 0.6) is 0 Å². The van der Waals surface area contributed by atoms with E-state index in [2.05, 4.69) is 10.3 Å². The van der Waals surface area contributed by atoms with Crippen LogP contribution >= 0.6 is 0 Å². The molecule has 0 spiro atoms. The lowest BCUT2D eigenvalue weighted by Crippen LogP contribution is -2.13. The molecule has 1 N–H and O–H groups in total. The predicted molar refractivity (Wildman–Crippen MR) is 33.2 cm³/mol. The van der Waals surface area contributed by atoms with Crippen molar-refractivity contribution in [3.8, 4) is 0 Å². The maximum Gasteiger partial charge on any atom is 0.180 e. The molecule has 2 rings (SSSR count). The minimum Gasteiger partial charge on any atom is -0.451 e. The Morgan fingerprint density at radius 3 is 3.30 bits per heavy atom. The zero-order chi connectivity index (χ0) is 6.81. The summed E-state index contributed by atoms with van der Waals surface area (Å²) in [7, 11) is 0. The molecule has 1 aromatic rings. The highest BCUT2D eigenvalue weighted by Gasteiger charge is 2.18. The molecule has 2 heterocycles. The second kappa shape index (κ2) is 2.40. The van der Waals surface area contributed by atoms with Crippen molar-refractivity contribution in [1.82, 2.24) is 10.3 Å². The van der Waals surface area contributed by atoms with Gasteiger partial charge in [0.05, 0.1) is 6.61 Å². The average Bonchev–Trinajstić information content (AvgIpc) is 2.59. The average molecular weight is 140 g/mol. The molecule has 54 valence electrons. The van der Waals surface area contributed by atoms with Crippen LogP contribution in [0.3, 0.4) is 0 Å². The maximum atomic E-state index is 5.26. The second-order valence-electron chi connectivity index (χ2n) is 2.12. The van der Waals surface area contributed by atoms with Gasteiger partial charge in [0, 0.05) is 6.54 Å². The van der Waals surface area contributed by atoms with Crippen LogP contribution in [0.4, 0.5) is 0 Å². The summed E-state index contributed by atoms with van der Waals surface area (Å²) >= 11 is 0. The fourth-order valence-electron chi connectivity index (χ4n) is 0.967. The van der Waals surface area contributed by atoms with Gasteiger partial charge in [0.1, 0.15) is 12.0 Å². The van der Waals surface area contributed by atoms with Crippen molar-refractivity contribution in [3.05, 3.63) is 18.4 Å². The maximum absolute atomic E-state index is 5.26. The molecule has 1 unspecified atom stereocenters. The summed E-state index contributed by atoms with van der Waals surface area (Å²) in [6.45, 7) is 1.63. The molecule has 0 radical (unpaired) electrons. The first kappa shape index (κ1) is 5.88. The van der Waals surface area contributed by atoms with Crippen LogP contribution in [-0.4, -0.2) is 18.1 Å². The smallest absolute Gasteiger partial charge is 0.180 e. The van der Waals surface area contributed by atoms with E-state index in [0.717, 1.165) is 18.8 Å². The zero-order valence-corrected chi connectivity index (χ0v) is 5.41. The fourth-order valence-corrected chi connectivity index (χ4v) is 0.967. The van der Waals surface area contributed by atoms with Crippen LogP contribution in [0, 0.1) is 0 Å². The van der Waals surface area contributed by atoms with Gasteiger partial charge in [-0.25, -0.2) is 4.98 Å². The lowest BCUT2D eigenvalue weighted by molar-refractivity contribution is 0.0984. The van der Waals surface area contributed by atoms with E-state index < -0.39 is 0 Å². The number of ether oxygens (including phenoxy) is 1. The van der Waals surface area contributed by atoms with Gasteiger partial charge in [0.15, 0.2) is 12.6 Å². The highest BCUT2D eigenvalue weighted by Crippen LogP contribution is 2.14. The number of rotatable bonds is 1. The number of hydrogen-bond acceptors (Lipinski definition) is 4. The van der Waals surface area contributed by atoms with Crippen molar-refractivity contribution in [2.45, 2.75) is 6.23 Å². The minimum atomic E-state index is -0.0567. The van der Waals surface area contributed by atoms with Crippen LogP contribution in [0.1, 0.15) is 11.9 Å². The lowest BCUT2D eigenvalue weighted by atomic mass is 10.4. The SMILES string of the molecule is c1nc(C2NCCO2)co1. The molecule has 4 heteroatoms. The first-order valence-corrected chi connectivity index (χ1v) is 3.20. The molecule has 4 nitrogen and oxygen atoms in total. The first-order valence-electron chi connectivity index (χ1n) is 3.20. The summed E-state index contributed by atoms with van der Waals surface area (Å²) in [5, 5.41) is 3.11. The van der Waals surface area contributed by atoms with Crippen molar-refractivity contribution in [2.75, 3.05) is 13.2 Å². The van der Waals surface area contributed by atoms with E-state index in [4.69, 9.17) is 9.15 Å². The summed E-state index contributed by atoms with van der Waals surface area (Å²) in [6, 6.07) is 0. The van der Waals surface area contributed by atoms with Crippen molar-refractivity contribution in [3.63, 3.8) is 0 Å². The Kier molecular flexibility index (Phi) is 1.41. The van der Waals surface area contributed by atoms with E-state index in [1.807, 2.05) is 0 Å². The molecule has 1 atom stereocenters. The standard InChI is InChI=1S/C6H8N2O2/c1-2-10-6(7-1)5-3-9-4-8-5/h3-4,6-7H,1-2H2. The molecule has 1 aromatic heterocycles. The Bertz CT molecular complexity index is 192. The fraction of sp³-hybridized carbons (Fsp3) is 0.500. The van der Waals surface area contributed by atoms with Gasteiger partial charge in [-0.3, -0.25) is 5.32 Å². The predicted octanol–water partition coefficient (Wildman–Crippen LogP) is 0.293. The molecule has 0 amide bonds. The molecule has 1 saturated heterocycles.